The van der Waals surface area contributed by atoms with Gasteiger partial charge in [0.1, 0.15) is 0 Å². The second-order valence-corrected chi connectivity index (χ2v) is 4.39. The number of hydrazine groups is 1. The summed E-state index contributed by atoms with van der Waals surface area (Å²) in [5, 5.41) is 4.61. The first kappa shape index (κ1) is 14.5. The van der Waals surface area contributed by atoms with Gasteiger partial charge in [0.05, 0.1) is 29.4 Å². The Labute approximate surface area is 122 Å². The normalized spacial score (nSPS) is 11.7. The summed E-state index contributed by atoms with van der Waals surface area (Å²) in [7, 11) is 1.62. The van der Waals surface area contributed by atoms with Gasteiger partial charge in [-0.1, -0.05) is 11.6 Å². The van der Waals surface area contributed by atoms with Gasteiger partial charge in [0.15, 0.2) is 0 Å². The molecule has 106 valence electrons. The van der Waals surface area contributed by atoms with Crippen LogP contribution >= 0.6 is 11.6 Å². The lowest BCUT2D eigenvalue weighted by atomic mass is 10.2. The number of hydrogen-bond acceptors (Lipinski definition) is 4. The highest BCUT2D eigenvalue weighted by molar-refractivity contribution is 6.35. The van der Waals surface area contributed by atoms with Crippen molar-refractivity contribution in [2.75, 3.05) is 25.6 Å². The van der Waals surface area contributed by atoms with E-state index in [-0.39, 0.29) is 0 Å². The van der Waals surface area contributed by atoms with Crippen molar-refractivity contribution in [2.24, 2.45) is 10.8 Å². The van der Waals surface area contributed by atoms with E-state index in [0.29, 0.717) is 24.1 Å². The molecule has 0 fully saturated rings. The molecule has 7 heteroatoms. The minimum Gasteiger partial charge on any atom is -0.383 e. The van der Waals surface area contributed by atoms with Crippen LogP contribution in [0.15, 0.2) is 35.5 Å². The Bertz CT molecular complexity index is 617. The van der Waals surface area contributed by atoms with Gasteiger partial charge in [0.2, 0.25) is 5.96 Å². The van der Waals surface area contributed by atoms with Crippen LogP contribution in [-0.2, 0) is 4.74 Å². The van der Waals surface area contributed by atoms with E-state index in [1.54, 1.807) is 19.4 Å². The van der Waals surface area contributed by atoms with E-state index in [2.05, 4.69) is 20.7 Å². The highest BCUT2D eigenvalue weighted by atomic mass is 35.5. The van der Waals surface area contributed by atoms with Gasteiger partial charge >= 0.3 is 0 Å². The summed E-state index contributed by atoms with van der Waals surface area (Å²) in [6.07, 6.45) is 1.71. The first-order valence-electron chi connectivity index (χ1n) is 6.06. The van der Waals surface area contributed by atoms with E-state index in [9.17, 15) is 0 Å². The van der Waals surface area contributed by atoms with Gasteiger partial charge in [-0.15, -0.1) is 0 Å². The Morgan fingerprint density at radius 2 is 2.30 bits per heavy atom. The van der Waals surface area contributed by atoms with E-state index in [1.165, 1.54) is 0 Å². The second kappa shape index (κ2) is 7.04. The maximum Gasteiger partial charge on any atom is 0.210 e. The van der Waals surface area contributed by atoms with Crippen molar-refractivity contribution in [1.82, 2.24) is 10.4 Å². The number of pyridine rings is 1. The quantitative estimate of drug-likeness (QED) is 0.263. The number of hydrogen-bond donors (Lipinski definition) is 3. The first-order chi connectivity index (χ1) is 9.76. The standard InChI is InChI=1S/C13H16ClN5O/c1-20-8-7-17-13(19-15)18-11-5-4-10(14)9-3-2-6-16-12(9)11/h2-6H,7-8,15H2,1H3,(H2,17,18,19). The number of nitrogens with zero attached hydrogens (tertiary/aromatic N) is 2. The minimum absolute atomic E-state index is 0.441. The number of halogens is 1. The van der Waals surface area contributed by atoms with Crippen LogP contribution in [0.4, 0.5) is 5.69 Å². The number of aromatic nitrogens is 1. The maximum absolute atomic E-state index is 6.15. The molecule has 0 aliphatic carbocycles. The van der Waals surface area contributed by atoms with E-state index < -0.39 is 0 Å². The number of guanidine groups is 1. The molecule has 0 amide bonds. The summed E-state index contributed by atoms with van der Waals surface area (Å²) in [5.41, 5.74) is 4.05. The zero-order chi connectivity index (χ0) is 14.4. The lowest BCUT2D eigenvalue weighted by molar-refractivity contribution is 0.208. The van der Waals surface area contributed by atoms with E-state index >= 15 is 0 Å². The molecule has 0 aliphatic heterocycles. The molecule has 0 saturated heterocycles. The highest BCUT2D eigenvalue weighted by Crippen LogP contribution is 2.27. The van der Waals surface area contributed by atoms with Crippen molar-refractivity contribution in [3.8, 4) is 0 Å². The van der Waals surface area contributed by atoms with Crippen LogP contribution in [0.3, 0.4) is 0 Å². The number of fused-ring (bicyclic) bond motifs is 1. The molecule has 0 radical (unpaired) electrons. The Morgan fingerprint density at radius 1 is 1.45 bits per heavy atom. The topological polar surface area (TPSA) is 84.6 Å². The molecular weight excluding hydrogens is 278 g/mol. The zero-order valence-corrected chi connectivity index (χ0v) is 11.8. The van der Waals surface area contributed by atoms with Crippen LogP contribution < -0.4 is 16.6 Å². The maximum atomic E-state index is 6.15. The van der Waals surface area contributed by atoms with Gasteiger partial charge in [-0.25, -0.2) is 10.8 Å². The third-order valence-corrected chi connectivity index (χ3v) is 3.00. The molecule has 1 aromatic heterocycles. The van der Waals surface area contributed by atoms with Crippen LogP contribution in [0.1, 0.15) is 0 Å². The van der Waals surface area contributed by atoms with Gasteiger partial charge in [-0.05, 0) is 24.3 Å². The summed E-state index contributed by atoms with van der Waals surface area (Å²) in [6.45, 7) is 1.02. The second-order valence-electron chi connectivity index (χ2n) is 3.99. The number of anilines is 1. The predicted molar refractivity (Wildman–Crippen MR) is 81.9 cm³/mol. The van der Waals surface area contributed by atoms with Crippen molar-refractivity contribution in [2.45, 2.75) is 0 Å². The monoisotopic (exact) mass is 293 g/mol. The molecule has 6 nitrogen and oxygen atoms in total. The smallest absolute Gasteiger partial charge is 0.210 e. The van der Waals surface area contributed by atoms with Gasteiger partial charge in [0.25, 0.3) is 0 Å². The third kappa shape index (κ3) is 3.36. The van der Waals surface area contributed by atoms with Crippen LogP contribution in [0.5, 0.6) is 0 Å². The average molecular weight is 294 g/mol. The largest absolute Gasteiger partial charge is 0.383 e. The number of nitrogens with one attached hydrogen (secondary N) is 2. The number of rotatable bonds is 4. The van der Waals surface area contributed by atoms with Gasteiger partial charge in [0, 0.05) is 18.7 Å². The van der Waals surface area contributed by atoms with Crippen molar-refractivity contribution in [3.63, 3.8) is 0 Å². The predicted octanol–water partition coefficient (Wildman–Crippen LogP) is 1.77. The van der Waals surface area contributed by atoms with Gasteiger partial charge in [-0.2, -0.15) is 0 Å². The molecule has 0 unspecified atom stereocenters. The highest BCUT2D eigenvalue weighted by Gasteiger charge is 2.07. The summed E-state index contributed by atoms with van der Waals surface area (Å²) in [5.74, 6) is 5.89. The SMILES string of the molecule is COCCN=C(NN)Nc1ccc(Cl)c2cccnc12. The number of methoxy groups -OCH3 is 1. The van der Waals surface area contributed by atoms with Crippen molar-refractivity contribution >= 4 is 34.2 Å². The molecule has 0 aliphatic rings. The van der Waals surface area contributed by atoms with Crippen LogP contribution in [-0.4, -0.2) is 31.2 Å². The van der Waals surface area contributed by atoms with Crippen LogP contribution in [0, 0.1) is 0 Å². The molecule has 1 heterocycles. The molecule has 0 saturated carbocycles. The van der Waals surface area contributed by atoms with E-state index in [0.717, 1.165) is 16.6 Å². The van der Waals surface area contributed by atoms with Crippen LogP contribution in [0.2, 0.25) is 5.02 Å². The summed E-state index contributed by atoms with van der Waals surface area (Å²) in [4.78, 5) is 8.57. The molecule has 0 bridgehead atoms. The molecule has 2 aromatic rings. The van der Waals surface area contributed by atoms with Gasteiger partial charge in [-0.3, -0.25) is 10.4 Å². The molecule has 2 rings (SSSR count). The fourth-order valence-corrected chi connectivity index (χ4v) is 1.95. The van der Waals surface area contributed by atoms with E-state index in [4.69, 9.17) is 22.2 Å². The van der Waals surface area contributed by atoms with Crippen molar-refractivity contribution in [3.05, 3.63) is 35.5 Å². The summed E-state index contributed by atoms with van der Waals surface area (Å²) in [6, 6.07) is 7.39. The number of aliphatic imine (C=N–C) groups is 1. The Morgan fingerprint density at radius 3 is 3.05 bits per heavy atom. The molecular formula is C13H16ClN5O. The lowest BCUT2D eigenvalue weighted by Crippen LogP contribution is -2.36. The van der Waals surface area contributed by atoms with Gasteiger partial charge < -0.3 is 10.1 Å². The molecule has 4 N–H and O–H groups in total. The van der Waals surface area contributed by atoms with Crippen LogP contribution in [0.25, 0.3) is 10.9 Å². The summed E-state index contributed by atoms with van der Waals surface area (Å²) >= 11 is 6.15. The molecule has 0 spiro atoms. The van der Waals surface area contributed by atoms with Crippen molar-refractivity contribution < 1.29 is 4.74 Å². The molecule has 1 aromatic carbocycles. The Balaban J connectivity index is 2.29. The number of benzene rings is 1. The fraction of sp³-hybridized carbons (Fsp3) is 0.231. The molecule has 0 atom stereocenters. The Kier molecular flexibility index (Phi) is 5.11. The average Bonchev–Trinajstić information content (AvgIpc) is 2.49. The minimum atomic E-state index is 0.441. The van der Waals surface area contributed by atoms with E-state index in [1.807, 2.05) is 18.2 Å². The number of ether oxygens (including phenoxy) is 1. The first-order valence-corrected chi connectivity index (χ1v) is 6.44. The number of nitrogens with two attached hydrogens (primary N) is 1. The Hall–Kier alpha value is -1.89. The lowest BCUT2D eigenvalue weighted by Gasteiger charge is -2.11. The molecule has 20 heavy (non-hydrogen) atoms. The third-order valence-electron chi connectivity index (χ3n) is 2.67. The van der Waals surface area contributed by atoms with Crippen molar-refractivity contribution in [1.29, 1.82) is 0 Å². The fourth-order valence-electron chi connectivity index (χ4n) is 1.74. The summed E-state index contributed by atoms with van der Waals surface area (Å²) < 4.78 is 4.94. The zero-order valence-electron chi connectivity index (χ0n) is 11.1.